The molecule has 0 aromatic rings. The number of ether oxygens (including phenoxy) is 3. The molecule has 3 unspecified atom stereocenters. The fourth-order valence-corrected chi connectivity index (χ4v) is 1.73. The molecule has 0 aromatic carbocycles. The lowest BCUT2D eigenvalue weighted by Gasteiger charge is -2.33. The van der Waals surface area contributed by atoms with Crippen LogP contribution in [-0.2, 0) is 14.2 Å². The second-order valence-electron chi connectivity index (χ2n) is 3.93. The van der Waals surface area contributed by atoms with Crippen LogP contribution in [0, 0.1) is 0 Å². The molecule has 1 aliphatic rings. The van der Waals surface area contributed by atoms with Crippen LogP contribution in [0.1, 0.15) is 33.1 Å². The first-order valence-electron chi connectivity index (χ1n) is 5.75. The van der Waals surface area contributed by atoms with Crippen molar-refractivity contribution in [2.24, 2.45) is 0 Å². The van der Waals surface area contributed by atoms with Crippen molar-refractivity contribution in [1.82, 2.24) is 0 Å². The fraction of sp³-hybridized carbons (Fsp3) is 0.833. The Morgan fingerprint density at radius 1 is 1.47 bits per heavy atom. The Labute approximate surface area is 92.4 Å². The van der Waals surface area contributed by atoms with Gasteiger partial charge < -0.3 is 14.2 Å². The van der Waals surface area contributed by atoms with Gasteiger partial charge >= 0.3 is 0 Å². The number of hydrogen-bond acceptors (Lipinski definition) is 3. The highest BCUT2D eigenvalue weighted by molar-refractivity contribution is 4.69. The fourth-order valence-electron chi connectivity index (χ4n) is 1.73. The smallest absolute Gasteiger partial charge is 0.160 e. The molecule has 3 atom stereocenters. The summed E-state index contributed by atoms with van der Waals surface area (Å²) in [6.45, 7) is 9.10. The first-order chi connectivity index (χ1) is 7.26. The summed E-state index contributed by atoms with van der Waals surface area (Å²) >= 11 is 0. The zero-order valence-corrected chi connectivity index (χ0v) is 9.78. The minimum atomic E-state index is -0.0940. The Balaban J connectivity index is 2.19. The molecule has 0 radical (unpaired) electrons. The lowest BCUT2D eigenvalue weighted by Crippen LogP contribution is -2.37. The van der Waals surface area contributed by atoms with E-state index in [2.05, 4.69) is 20.4 Å². The van der Waals surface area contributed by atoms with E-state index >= 15 is 0 Å². The topological polar surface area (TPSA) is 27.7 Å². The molecule has 1 fully saturated rings. The average molecular weight is 214 g/mol. The summed E-state index contributed by atoms with van der Waals surface area (Å²) in [6, 6.07) is 0. The van der Waals surface area contributed by atoms with E-state index in [1.807, 2.05) is 0 Å². The first kappa shape index (κ1) is 12.7. The predicted molar refractivity (Wildman–Crippen MR) is 59.7 cm³/mol. The predicted octanol–water partition coefficient (Wildman–Crippen LogP) is 2.51. The highest BCUT2D eigenvalue weighted by Crippen LogP contribution is 2.22. The zero-order valence-electron chi connectivity index (χ0n) is 9.78. The Morgan fingerprint density at radius 2 is 2.27 bits per heavy atom. The number of hydrogen-bond donors (Lipinski definition) is 0. The molecule has 15 heavy (non-hydrogen) atoms. The summed E-state index contributed by atoms with van der Waals surface area (Å²) in [5, 5.41) is 0. The lowest BCUT2D eigenvalue weighted by molar-refractivity contribution is -0.243. The van der Waals surface area contributed by atoms with Crippen LogP contribution in [0.2, 0.25) is 0 Å². The summed E-state index contributed by atoms with van der Waals surface area (Å²) in [5.41, 5.74) is 0. The molecule has 0 N–H and O–H groups in total. The molecular weight excluding hydrogens is 192 g/mol. The summed E-state index contributed by atoms with van der Waals surface area (Å²) < 4.78 is 16.7. The van der Waals surface area contributed by atoms with Crippen molar-refractivity contribution in [2.45, 2.75) is 51.6 Å². The van der Waals surface area contributed by atoms with Gasteiger partial charge in [0.15, 0.2) is 6.29 Å². The molecule has 0 amide bonds. The Kier molecular flexibility index (Phi) is 5.91. The van der Waals surface area contributed by atoms with Crippen molar-refractivity contribution in [1.29, 1.82) is 0 Å². The van der Waals surface area contributed by atoms with Crippen molar-refractivity contribution in [3.05, 3.63) is 12.7 Å². The van der Waals surface area contributed by atoms with Crippen LogP contribution in [0.25, 0.3) is 0 Å². The van der Waals surface area contributed by atoms with Crippen LogP contribution < -0.4 is 0 Å². The van der Waals surface area contributed by atoms with Gasteiger partial charge in [-0.1, -0.05) is 13.0 Å². The zero-order chi connectivity index (χ0) is 11.1. The standard InChI is InChI=1S/C12H22O3/c1-4-7-13-8-6-12-14-10(3)9-11(5-2)15-12/h4,10-12H,1,5-9H2,2-3H3. The maximum atomic E-state index is 5.76. The monoisotopic (exact) mass is 214 g/mol. The minimum Gasteiger partial charge on any atom is -0.377 e. The lowest BCUT2D eigenvalue weighted by atomic mass is 10.1. The van der Waals surface area contributed by atoms with Crippen molar-refractivity contribution >= 4 is 0 Å². The minimum absolute atomic E-state index is 0.0940. The van der Waals surface area contributed by atoms with Crippen molar-refractivity contribution < 1.29 is 14.2 Å². The van der Waals surface area contributed by atoms with Crippen molar-refractivity contribution in [3.8, 4) is 0 Å². The van der Waals surface area contributed by atoms with Crippen LogP contribution in [0.5, 0.6) is 0 Å². The quantitative estimate of drug-likeness (QED) is 0.502. The van der Waals surface area contributed by atoms with Crippen molar-refractivity contribution in [2.75, 3.05) is 13.2 Å². The van der Waals surface area contributed by atoms with Crippen LogP contribution in [0.15, 0.2) is 12.7 Å². The third kappa shape index (κ3) is 4.78. The normalized spacial score (nSPS) is 31.5. The molecular formula is C12H22O3. The molecule has 0 bridgehead atoms. The van der Waals surface area contributed by atoms with Gasteiger partial charge in [-0.05, 0) is 19.8 Å². The van der Waals surface area contributed by atoms with Gasteiger partial charge in [0.1, 0.15) is 0 Å². The summed E-state index contributed by atoms with van der Waals surface area (Å²) in [6.07, 6.45) is 5.15. The Morgan fingerprint density at radius 3 is 2.93 bits per heavy atom. The van der Waals surface area contributed by atoms with E-state index in [1.54, 1.807) is 6.08 Å². The van der Waals surface area contributed by atoms with Gasteiger partial charge in [0.2, 0.25) is 0 Å². The van der Waals surface area contributed by atoms with Gasteiger partial charge in [-0.2, -0.15) is 0 Å². The van der Waals surface area contributed by atoms with Crippen LogP contribution in [0.4, 0.5) is 0 Å². The van der Waals surface area contributed by atoms with Gasteiger partial charge in [0, 0.05) is 6.42 Å². The van der Waals surface area contributed by atoms with Crippen LogP contribution in [0.3, 0.4) is 0 Å². The molecule has 3 heteroatoms. The summed E-state index contributed by atoms with van der Waals surface area (Å²) in [5.74, 6) is 0. The maximum Gasteiger partial charge on any atom is 0.160 e. The maximum absolute atomic E-state index is 5.76. The second kappa shape index (κ2) is 6.99. The third-order valence-corrected chi connectivity index (χ3v) is 2.51. The molecule has 0 aromatic heterocycles. The van der Waals surface area contributed by atoms with Gasteiger partial charge in [-0.15, -0.1) is 6.58 Å². The van der Waals surface area contributed by atoms with E-state index in [1.165, 1.54) is 0 Å². The summed E-state index contributed by atoms with van der Waals surface area (Å²) in [7, 11) is 0. The molecule has 1 aliphatic heterocycles. The van der Waals surface area contributed by atoms with E-state index in [0.717, 1.165) is 19.3 Å². The number of rotatable bonds is 6. The van der Waals surface area contributed by atoms with E-state index in [9.17, 15) is 0 Å². The largest absolute Gasteiger partial charge is 0.377 e. The van der Waals surface area contributed by atoms with Crippen LogP contribution >= 0.6 is 0 Å². The van der Waals surface area contributed by atoms with E-state index in [0.29, 0.717) is 25.4 Å². The van der Waals surface area contributed by atoms with Gasteiger partial charge in [-0.25, -0.2) is 0 Å². The van der Waals surface area contributed by atoms with Crippen molar-refractivity contribution in [3.63, 3.8) is 0 Å². The molecule has 0 spiro atoms. The molecule has 1 heterocycles. The molecule has 3 nitrogen and oxygen atoms in total. The first-order valence-corrected chi connectivity index (χ1v) is 5.75. The van der Waals surface area contributed by atoms with Gasteiger partial charge in [0.25, 0.3) is 0 Å². The van der Waals surface area contributed by atoms with E-state index in [-0.39, 0.29) is 6.29 Å². The molecule has 1 rings (SSSR count). The average Bonchev–Trinajstić information content (AvgIpc) is 2.23. The molecule has 88 valence electrons. The highest BCUT2D eigenvalue weighted by atomic mass is 16.7. The Bertz CT molecular complexity index is 182. The molecule has 0 saturated carbocycles. The molecule has 0 aliphatic carbocycles. The SMILES string of the molecule is C=CCOCCC1OC(C)CC(CC)O1. The van der Waals surface area contributed by atoms with E-state index in [4.69, 9.17) is 14.2 Å². The third-order valence-electron chi connectivity index (χ3n) is 2.51. The van der Waals surface area contributed by atoms with E-state index < -0.39 is 0 Å². The second-order valence-corrected chi connectivity index (χ2v) is 3.93. The Hall–Kier alpha value is -0.380. The molecule has 1 saturated heterocycles. The highest BCUT2D eigenvalue weighted by Gasteiger charge is 2.25. The van der Waals surface area contributed by atoms with Gasteiger partial charge in [-0.3, -0.25) is 0 Å². The summed E-state index contributed by atoms with van der Waals surface area (Å²) in [4.78, 5) is 0. The van der Waals surface area contributed by atoms with Crippen LogP contribution in [-0.4, -0.2) is 31.7 Å². The van der Waals surface area contributed by atoms with Gasteiger partial charge in [0.05, 0.1) is 25.4 Å².